The van der Waals surface area contributed by atoms with Crippen molar-refractivity contribution in [1.29, 1.82) is 0 Å². The number of halogens is 3. The minimum Gasteiger partial charge on any atom is -0.392 e. The number of nitrogens with two attached hydrogens (primary N) is 1. The molecule has 0 bridgehead atoms. The summed E-state index contributed by atoms with van der Waals surface area (Å²) < 4.78 is 0. The molecule has 10 heteroatoms. The Labute approximate surface area is 212 Å². The molecule has 0 atom stereocenters. The molecule has 1 saturated heterocycles. The van der Waals surface area contributed by atoms with Crippen LogP contribution in [0.1, 0.15) is 29.5 Å². The van der Waals surface area contributed by atoms with Crippen molar-refractivity contribution in [1.82, 2.24) is 20.1 Å². The van der Waals surface area contributed by atoms with Crippen LogP contribution in [0, 0.1) is 0 Å². The maximum atomic E-state index is 9.77. The number of nitrogens with one attached hydrogen (secondary N) is 1. The summed E-state index contributed by atoms with van der Waals surface area (Å²) in [4.78, 5) is 8.99. The fourth-order valence-electron chi connectivity index (χ4n) is 4.24. The summed E-state index contributed by atoms with van der Waals surface area (Å²) in [6.07, 6.45) is 3.00. The van der Waals surface area contributed by atoms with Gasteiger partial charge in [0.1, 0.15) is 0 Å². The van der Waals surface area contributed by atoms with Crippen LogP contribution in [-0.2, 0) is 19.6 Å². The molecule has 3 aromatic rings. The summed E-state index contributed by atoms with van der Waals surface area (Å²) in [6.45, 7) is 3.61. The van der Waals surface area contributed by atoms with E-state index in [4.69, 9.17) is 17.3 Å². The van der Waals surface area contributed by atoms with E-state index >= 15 is 0 Å². The summed E-state index contributed by atoms with van der Waals surface area (Å²) >= 11 is 6.04. The number of hydrogen-bond donors (Lipinski definition) is 3. The zero-order valence-electron chi connectivity index (χ0n) is 18.4. The molecule has 4 N–H and O–H groups in total. The molecular formula is C23H31Cl3N6O. The van der Waals surface area contributed by atoms with Crippen molar-refractivity contribution in [2.75, 3.05) is 30.3 Å². The van der Waals surface area contributed by atoms with Crippen LogP contribution < -0.4 is 10.6 Å². The number of anilines is 2. The Morgan fingerprint density at radius 3 is 2.33 bits per heavy atom. The Kier molecular flexibility index (Phi) is 10.7. The minimum atomic E-state index is 0. The van der Waals surface area contributed by atoms with Gasteiger partial charge in [0.2, 0.25) is 11.9 Å². The minimum absolute atomic E-state index is 0. The van der Waals surface area contributed by atoms with Crippen molar-refractivity contribution >= 4 is 48.3 Å². The molecule has 1 aliphatic heterocycles. The van der Waals surface area contributed by atoms with Gasteiger partial charge in [0.15, 0.2) is 0 Å². The molecular weight excluding hydrogens is 483 g/mol. The fourth-order valence-corrected chi connectivity index (χ4v) is 4.36. The predicted molar refractivity (Wildman–Crippen MR) is 138 cm³/mol. The lowest BCUT2D eigenvalue weighted by Crippen LogP contribution is -2.45. The maximum absolute atomic E-state index is 9.77. The molecule has 1 aliphatic rings. The number of piperidine rings is 1. The van der Waals surface area contributed by atoms with Crippen molar-refractivity contribution in [3.63, 3.8) is 0 Å². The average Bonchev–Trinajstić information content (AvgIpc) is 3.24. The molecule has 0 unspecified atom stereocenters. The molecule has 33 heavy (non-hydrogen) atoms. The van der Waals surface area contributed by atoms with E-state index in [2.05, 4.69) is 43.2 Å². The van der Waals surface area contributed by atoms with Crippen molar-refractivity contribution < 1.29 is 5.11 Å². The predicted octanol–water partition coefficient (Wildman–Crippen LogP) is 4.09. The van der Waals surface area contributed by atoms with Gasteiger partial charge in [-0.15, -0.1) is 29.9 Å². The number of aliphatic hydroxyl groups excluding tert-OH is 1. The smallest absolute Gasteiger partial charge is 0.246 e. The van der Waals surface area contributed by atoms with Gasteiger partial charge in [-0.05, 0) is 48.1 Å². The number of aromatic amines is 1. The molecule has 0 saturated carbocycles. The number of H-pyrrole nitrogens is 1. The summed E-state index contributed by atoms with van der Waals surface area (Å²) in [7, 11) is 0. The number of nitrogen functional groups attached to an aromatic ring is 1. The number of nitrogens with zero attached hydrogens (tertiary/aromatic N) is 4. The van der Waals surface area contributed by atoms with Crippen LogP contribution in [0.25, 0.3) is 0 Å². The van der Waals surface area contributed by atoms with Gasteiger partial charge in [-0.25, -0.2) is 5.10 Å². The van der Waals surface area contributed by atoms with Crippen LogP contribution in [0.15, 0.2) is 48.5 Å². The van der Waals surface area contributed by atoms with E-state index in [0.29, 0.717) is 17.9 Å². The number of hydrogen-bond acceptors (Lipinski definition) is 6. The Bertz CT molecular complexity index is 976. The summed E-state index contributed by atoms with van der Waals surface area (Å²) in [5, 5.41) is 17.4. The average molecular weight is 514 g/mol. The van der Waals surface area contributed by atoms with Gasteiger partial charge in [0.25, 0.3) is 0 Å². The van der Waals surface area contributed by atoms with Crippen molar-refractivity contribution in [3.05, 3.63) is 70.2 Å². The number of benzene rings is 2. The molecule has 0 radical (unpaired) electrons. The topological polar surface area (TPSA) is 94.3 Å². The van der Waals surface area contributed by atoms with E-state index < -0.39 is 0 Å². The lowest BCUT2D eigenvalue weighted by molar-refractivity contribution is 0.160. The second-order valence-corrected chi connectivity index (χ2v) is 8.45. The molecule has 1 aromatic heterocycles. The first kappa shape index (κ1) is 27.2. The highest BCUT2D eigenvalue weighted by molar-refractivity contribution is 6.30. The third-order valence-corrected chi connectivity index (χ3v) is 6.27. The van der Waals surface area contributed by atoms with Gasteiger partial charge in [-0.3, -0.25) is 4.90 Å². The number of aromatic nitrogens is 3. The first-order valence-electron chi connectivity index (χ1n) is 10.7. The standard InChI is InChI=1S/C23H29ClN6O.2ClH/c24-20-7-5-17(6-8-20)9-12-30(15-18-3-1-2-4-19(18)16-31)21-10-13-29(14-11-21)23-26-22(25)27-28-23;;/h1-8,21,31H,9-16H2,(H3,25,26,27,28);2*1H. The first-order valence-corrected chi connectivity index (χ1v) is 11.1. The molecule has 7 nitrogen and oxygen atoms in total. The number of aliphatic hydroxyl groups is 1. The molecule has 0 aliphatic carbocycles. The SMILES string of the molecule is Cl.Cl.Nc1nc(N2CCC(N(CCc3ccc(Cl)cc3)Cc3ccccc3CO)CC2)n[nH]1. The van der Waals surface area contributed by atoms with Crippen LogP contribution in [0.5, 0.6) is 0 Å². The van der Waals surface area contributed by atoms with Crippen LogP contribution >= 0.6 is 36.4 Å². The van der Waals surface area contributed by atoms with Crippen molar-refractivity contribution in [3.8, 4) is 0 Å². The maximum Gasteiger partial charge on any atom is 0.246 e. The molecule has 180 valence electrons. The Balaban J connectivity index is 0.00000193. The molecule has 2 heterocycles. The van der Waals surface area contributed by atoms with Crippen LogP contribution in [0.2, 0.25) is 5.02 Å². The Hall–Kier alpha value is -2.03. The van der Waals surface area contributed by atoms with E-state index in [1.807, 2.05) is 30.3 Å². The van der Waals surface area contributed by atoms with Crippen LogP contribution in [-0.4, -0.2) is 50.9 Å². The highest BCUT2D eigenvalue weighted by atomic mass is 35.5. The van der Waals surface area contributed by atoms with Gasteiger partial charge in [-0.1, -0.05) is 48.0 Å². The highest BCUT2D eigenvalue weighted by Crippen LogP contribution is 2.23. The van der Waals surface area contributed by atoms with Gasteiger partial charge < -0.3 is 15.7 Å². The summed E-state index contributed by atoms with van der Waals surface area (Å²) in [5.41, 5.74) is 9.14. The van der Waals surface area contributed by atoms with E-state index in [1.165, 1.54) is 11.1 Å². The second kappa shape index (κ2) is 13.0. The van der Waals surface area contributed by atoms with E-state index in [1.54, 1.807) is 0 Å². The third kappa shape index (κ3) is 7.22. The van der Waals surface area contributed by atoms with Crippen molar-refractivity contribution in [2.45, 2.75) is 38.5 Å². The van der Waals surface area contributed by atoms with E-state index in [-0.39, 0.29) is 31.4 Å². The normalized spacial score (nSPS) is 14.1. The van der Waals surface area contributed by atoms with Gasteiger partial charge >= 0.3 is 0 Å². The Morgan fingerprint density at radius 2 is 1.73 bits per heavy atom. The van der Waals surface area contributed by atoms with E-state index in [0.717, 1.165) is 56.0 Å². The zero-order chi connectivity index (χ0) is 21.6. The monoisotopic (exact) mass is 512 g/mol. The highest BCUT2D eigenvalue weighted by Gasteiger charge is 2.26. The second-order valence-electron chi connectivity index (χ2n) is 8.01. The largest absolute Gasteiger partial charge is 0.392 e. The van der Waals surface area contributed by atoms with Gasteiger partial charge in [0, 0.05) is 37.2 Å². The lowest BCUT2D eigenvalue weighted by Gasteiger charge is -2.38. The van der Waals surface area contributed by atoms with Gasteiger partial charge in [0.05, 0.1) is 6.61 Å². The molecule has 2 aromatic carbocycles. The molecule has 0 spiro atoms. The zero-order valence-corrected chi connectivity index (χ0v) is 20.7. The summed E-state index contributed by atoms with van der Waals surface area (Å²) in [6, 6.07) is 16.7. The molecule has 1 fully saturated rings. The summed E-state index contributed by atoms with van der Waals surface area (Å²) in [5.74, 6) is 1.02. The lowest BCUT2D eigenvalue weighted by atomic mass is 10.00. The van der Waals surface area contributed by atoms with Crippen molar-refractivity contribution in [2.24, 2.45) is 0 Å². The quantitative estimate of drug-likeness (QED) is 0.420. The van der Waals surface area contributed by atoms with Crippen LogP contribution in [0.3, 0.4) is 0 Å². The third-order valence-electron chi connectivity index (χ3n) is 6.02. The fraction of sp³-hybridized carbons (Fsp3) is 0.391. The van der Waals surface area contributed by atoms with Crippen LogP contribution in [0.4, 0.5) is 11.9 Å². The molecule has 4 rings (SSSR count). The van der Waals surface area contributed by atoms with Gasteiger partial charge in [-0.2, -0.15) is 4.98 Å². The Morgan fingerprint density at radius 1 is 1.06 bits per heavy atom. The number of rotatable bonds is 8. The first-order chi connectivity index (χ1) is 15.1. The van der Waals surface area contributed by atoms with E-state index in [9.17, 15) is 5.11 Å². The molecule has 0 amide bonds.